The first-order chi connectivity index (χ1) is 9.22. The molecule has 0 radical (unpaired) electrons. The zero-order valence-electron chi connectivity index (χ0n) is 10.3. The van der Waals surface area contributed by atoms with Crippen molar-refractivity contribution in [1.82, 2.24) is 4.98 Å². The first-order valence-electron chi connectivity index (χ1n) is 6.11. The second kappa shape index (κ2) is 4.90. The summed E-state index contributed by atoms with van der Waals surface area (Å²) in [5.41, 5.74) is 9.74. The Balaban J connectivity index is 1.96. The second-order valence-corrected chi connectivity index (χ2v) is 4.95. The largest absolute Gasteiger partial charge is 0.398 e. The third kappa shape index (κ3) is 2.54. The minimum atomic E-state index is 0.660. The van der Waals surface area contributed by atoms with Crippen LogP contribution in [0.2, 0.25) is 5.02 Å². The van der Waals surface area contributed by atoms with E-state index < -0.39 is 0 Å². The Morgan fingerprint density at radius 2 is 1.84 bits per heavy atom. The van der Waals surface area contributed by atoms with E-state index in [4.69, 9.17) is 17.3 Å². The first-order valence-corrected chi connectivity index (χ1v) is 6.49. The van der Waals surface area contributed by atoms with Gasteiger partial charge in [0.05, 0.1) is 5.52 Å². The molecule has 3 aromatic rings. The van der Waals surface area contributed by atoms with Crippen LogP contribution in [0, 0.1) is 0 Å². The summed E-state index contributed by atoms with van der Waals surface area (Å²) in [6, 6.07) is 17.8. The van der Waals surface area contributed by atoms with E-state index in [9.17, 15) is 0 Å². The van der Waals surface area contributed by atoms with Gasteiger partial charge < -0.3 is 5.73 Å². The van der Waals surface area contributed by atoms with E-state index in [2.05, 4.69) is 17.1 Å². The summed E-state index contributed by atoms with van der Waals surface area (Å²) in [5, 5.41) is 1.81. The highest BCUT2D eigenvalue weighted by Crippen LogP contribution is 2.21. The fourth-order valence-electron chi connectivity index (χ4n) is 2.13. The number of para-hydroxylation sites is 1. The van der Waals surface area contributed by atoms with Crippen molar-refractivity contribution in [2.75, 3.05) is 5.73 Å². The van der Waals surface area contributed by atoms with Gasteiger partial charge in [-0.25, -0.2) is 0 Å². The van der Waals surface area contributed by atoms with Crippen molar-refractivity contribution in [2.24, 2.45) is 0 Å². The van der Waals surface area contributed by atoms with Gasteiger partial charge in [0.15, 0.2) is 0 Å². The SMILES string of the molecule is Nc1cc(Cl)ccc1Cc1ccc2ccccc2n1. The van der Waals surface area contributed by atoms with Crippen LogP contribution in [0.25, 0.3) is 10.9 Å². The number of pyridine rings is 1. The molecule has 0 unspecified atom stereocenters. The molecule has 0 aliphatic carbocycles. The van der Waals surface area contributed by atoms with Gasteiger partial charge in [-0.1, -0.05) is 41.9 Å². The van der Waals surface area contributed by atoms with E-state index in [1.54, 1.807) is 6.07 Å². The molecule has 0 aliphatic rings. The molecule has 19 heavy (non-hydrogen) atoms. The van der Waals surface area contributed by atoms with Crippen molar-refractivity contribution in [3.8, 4) is 0 Å². The normalized spacial score (nSPS) is 10.8. The maximum absolute atomic E-state index is 5.97. The highest BCUT2D eigenvalue weighted by atomic mass is 35.5. The number of aromatic nitrogens is 1. The number of nitrogen functional groups attached to an aromatic ring is 1. The van der Waals surface area contributed by atoms with E-state index in [0.717, 1.165) is 22.2 Å². The maximum atomic E-state index is 5.97. The van der Waals surface area contributed by atoms with Crippen molar-refractivity contribution in [2.45, 2.75) is 6.42 Å². The molecule has 0 saturated carbocycles. The molecule has 1 aromatic heterocycles. The molecule has 2 aromatic carbocycles. The fourth-order valence-corrected chi connectivity index (χ4v) is 2.31. The van der Waals surface area contributed by atoms with Gasteiger partial charge in [0, 0.05) is 28.2 Å². The zero-order valence-corrected chi connectivity index (χ0v) is 11.1. The van der Waals surface area contributed by atoms with Crippen molar-refractivity contribution < 1.29 is 0 Å². The number of anilines is 1. The Morgan fingerprint density at radius 3 is 2.68 bits per heavy atom. The van der Waals surface area contributed by atoms with Crippen LogP contribution >= 0.6 is 11.6 Å². The van der Waals surface area contributed by atoms with Crippen LogP contribution in [-0.2, 0) is 6.42 Å². The maximum Gasteiger partial charge on any atom is 0.0705 e. The molecule has 2 N–H and O–H groups in total. The number of fused-ring (bicyclic) bond motifs is 1. The smallest absolute Gasteiger partial charge is 0.0705 e. The number of rotatable bonds is 2. The van der Waals surface area contributed by atoms with Crippen molar-refractivity contribution in [3.05, 3.63) is 70.9 Å². The molecule has 0 bridgehead atoms. The summed E-state index contributed by atoms with van der Waals surface area (Å²) in [6.07, 6.45) is 0.716. The molecule has 0 saturated heterocycles. The van der Waals surface area contributed by atoms with Crippen LogP contribution < -0.4 is 5.73 Å². The highest BCUT2D eigenvalue weighted by molar-refractivity contribution is 6.30. The summed E-state index contributed by atoms with van der Waals surface area (Å²) in [7, 11) is 0. The van der Waals surface area contributed by atoms with E-state index in [1.165, 1.54) is 0 Å². The molecular weight excluding hydrogens is 256 g/mol. The Bertz CT molecular complexity index is 738. The molecule has 2 nitrogen and oxygen atoms in total. The molecule has 94 valence electrons. The van der Waals surface area contributed by atoms with Gasteiger partial charge in [-0.15, -0.1) is 0 Å². The summed E-state index contributed by atoms with van der Waals surface area (Å²) in [5.74, 6) is 0. The lowest BCUT2D eigenvalue weighted by molar-refractivity contribution is 1.10. The van der Waals surface area contributed by atoms with Gasteiger partial charge >= 0.3 is 0 Å². The molecule has 1 heterocycles. The number of halogens is 1. The number of hydrogen-bond acceptors (Lipinski definition) is 2. The summed E-state index contributed by atoms with van der Waals surface area (Å²) < 4.78 is 0. The van der Waals surface area contributed by atoms with Gasteiger partial charge in [0.25, 0.3) is 0 Å². The van der Waals surface area contributed by atoms with Crippen LogP contribution in [0.4, 0.5) is 5.69 Å². The number of benzene rings is 2. The molecule has 3 heteroatoms. The van der Waals surface area contributed by atoms with Crippen molar-refractivity contribution in [3.63, 3.8) is 0 Å². The minimum Gasteiger partial charge on any atom is -0.398 e. The zero-order chi connectivity index (χ0) is 13.2. The summed E-state index contributed by atoms with van der Waals surface area (Å²) in [4.78, 5) is 4.65. The second-order valence-electron chi connectivity index (χ2n) is 4.52. The van der Waals surface area contributed by atoms with Gasteiger partial charge in [-0.3, -0.25) is 4.98 Å². The van der Waals surface area contributed by atoms with Gasteiger partial charge in [-0.05, 0) is 29.8 Å². The predicted octanol–water partition coefficient (Wildman–Crippen LogP) is 4.06. The van der Waals surface area contributed by atoms with Crippen molar-refractivity contribution in [1.29, 1.82) is 0 Å². The molecule has 0 aliphatic heterocycles. The van der Waals surface area contributed by atoms with Crippen molar-refractivity contribution >= 4 is 28.2 Å². The minimum absolute atomic E-state index is 0.660. The molecule has 0 atom stereocenters. The standard InChI is InChI=1S/C16H13ClN2/c17-13-7-5-12(15(18)10-13)9-14-8-6-11-3-1-2-4-16(11)19-14/h1-8,10H,9,18H2. The van der Waals surface area contributed by atoms with Crippen LogP contribution in [-0.4, -0.2) is 4.98 Å². The third-order valence-corrected chi connectivity index (χ3v) is 3.37. The number of nitrogens with two attached hydrogens (primary N) is 1. The Kier molecular flexibility index (Phi) is 3.10. The lowest BCUT2D eigenvalue weighted by Gasteiger charge is -2.06. The average Bonchev–Trinajstić information content (AvgIpc) is 2.42. The fraction of sp³-hybridized carbons (Fsp3) is 0.0625. The molecule has 0 amide bonds. The first kappa shape index (κ1) is 12.0. The molecule has 3 rings (SSSR count). The van der Waals surface area contributed by atoms with E-state index in [1.807, 2.05) is 36.4 Å². The Hall–Kier alpha value is -2.06. The molecule has 0 fully saturated rings. The van der Waals surface area contributed by atoms with E-state index >= 15 is 0 Å². The van der Waals surface area contributed by atoms with E-state index in [0.29, 0.717) is 17.1 Å². The monoisotopic (exact) mass is 268 g/mol. The lowest BCUT2D eigenvalue weighted by Crippen LogP contribution is -1.97. The van der Waals surface area contributed by atoms with E-state index in [-0.39, 0.29) is 0 Å². The Labute approximate surface area is 116 Å². The quantitative estimate of drug-likeness (QED) is 0.712. The third-order valence-electron chi connectivity index (χ3n) is 3.14. The summed E-state index contributed by atoms with van der Waals surface area (Å²) in [6.45, 7) is 0. The van der Waals surface area contributed by atoms with Gasteiger partial charge in [-0.2, -0.15) is 0 Å². The molecule has 0 spiro atoms. The number of nitrogens with zero attached hydrogens (tertiary/aromatic N) is 1. The van der Waals surface area contributed by atoms with Crippen LogP contribution in [0.1, 0.15) is 11.3 Å². The topological polar surface area (TPSA) is 38.9 Å². The highest BCUT2D eigenvalue weighted by Gasteiger charge is 2.04. The van der Waals surface area contributed by atoms with Crippen LogP contribution in [0.5, 0.6) is 0 Å². The van der Waals surface area contributed by atoms with Crippen LogP contribution in [0.3, 0.4) is 0 Å². The predicted molar refractivity (Wildman–Crippen MR) is 80.4 cm³/mol. The number of hydrogen-bond donors (Lipinski definition) is 1. The average molecular weight is 269 g/mol. The lowest BCUT2D eigenvalue weighted by atomic mass is 10.1. The molecular formula is C16H13ClN2. The van der Waals surface area contributed by atoms with Gasteiger partial charge in [0.2, 0.25) is 0 Å². The van der Waals surface area contributed by atoms with Gasteiger partial charge in [0.1, 0.15) is 0 Å². The van der Waals surface area contributed by atoms with Crippen LogP contribution in [0.15, 0.2) is 54.6 Å². The Morgan fingerprint density at radius 1 is 1.00 bits per heavy atom. The summed E-state index contributed by atoms with van der Waals surface area (Å²) >= 11 is 5.90.